The highest BCUT2D eigenvalue weighted by Crippen LogP contribution is 2.22. The van der Waals surface area contributed by atoms with Crippen LogP contribution in [0, 0.1) is 11.6 Å². The van der Waals surface area contributed by atoms with Gasteiger partial charge in [0.15, 0.2) is 18.2 Å². The lowest BCUT2D eigenvalue weighted by molar-refractivity contribution is -0.119. The summed E-state index contributed by atoms with van der Waals surface area (Å²) in [5.41, 5.74) is 0.146. The Morgan fingerprint density at radius 2 is 1.70 bits per heavy atom. The second kappa shape index (κ2) is 9.67. The molecule has 30 heavy (non-hydrogen) atoms. The molecule has 0 heterocycles. The number of carbonyl (C=O) groups is 3. The van der Waals surface area contributed by atoms with E-state index in [2.05, 4.69) is 10.6 Å². The average Bonchev–Trinajstić information content (AvgIpc) is 3.22. The van der Waals surface area contributed by atoms with Crippen molar-refractivity contribution in [1.29, 1.82) is 0 Å². The summed E-state index contributed by atoms with van der Waals surface area (Å²) in [6.07, 6.45) is 3.97. The maximum Gasteiger partial charge on any atom is 0.340 e. The summed E-state index contributed by atoms with van der Waals surface area (Å²) in [5.74, 6) is -4.56. The quantitative estimate of drug-likeness (QED) is 0.527. The number of anilines is 1. The van der Waals surface area contributed by atoms with Crippen molar-refractivity contribution < 1.29 is 27.9 Å². The van der Waals surface area contributed by atoms with Crippen LogP contribution in [0.15, 0.2) is 36.4 Å². The molecule has 0 saturated heterocycles. The molecule has 2 amide bonds. The topological polar surface area (TPSA) is 84.5 Å². The molecule has 158 valence electrons. The largest absolute Gasteiger partial charge is 0.452 e. The van der Waals surface area contributed by atoms with Gasteiger partial charge in [-0.3, -0.25) is 9.59 Å². The van der Waals surface area contributed by atoms with Crippen LogP contribution in [0.2, 0.25) is 5.02 Å². The number of nitrogens with one attached hydrogen (secondary N) is 2. The van der Waals surface area contributed by atoms with Crippen LogP contribution in [0.5, 0.6) is 0 Å². The molecule has 0 bridgehead atoms. The summed E-state index contributed by atoms with van der Waals surface area (Å²) in [7, 11) is 0. The van der Waals surface area contributed by atoms with Crippen LogP contribution in [-0.2, 0) is 9.53 Å². The van der Waals surface area contributed by atoms with Crippen molar-refractivity contribution in [2.75, 3.05) is 11.9 Å². The minimum atomic E-state index is -1.27. The van der Waals surface area contributed by atoms with Gasteiger partial charge >= 0.3 is 5.97 Å². The van der Waals surface area contributed by atoms with Gasteiger partial charge in [0.1, 0.15) is 0 Å². The Labute approximate surface area is 176 Å². The van der Waals surface area contributed by atoms with E-state index in [0.717, 1.165) is 25.7 Å². The summed E-state index contributed by atoms with van der Waals surface area (Å²) in [5, 5.41) is 5.11. The summed E-state index contributed by atoms with van der Waals surface area (Å²) in [6.45, 7) is -0.702. The second-order valence-corrected chi connectivity index (χ2v) is 7.28. The number of ether oxygens (including phenoxy) is 1. The fourth-order valence-corrected chi connectivity index (χ4v) is 3.43. The van der Waals surface area contributed by atoms with Gasteiger partial charge in [-0.1, -0.05) is 36.6 Å². The first-order valence-corrected chi connectivity index (χ1v) is 9.74. The van der Waals surface area contributed by atoms with Crippen molar-refractivity contribution >= 4 is 35.1 Å². The van der Waals surface area contributed by atoms with E-state index in [4.69, 9.17) is 16.3 Å². The first-order chi connectivity index (χ1) is 14.3. The molecule has 0 spiro atoms. The van der Waals surface area contributed by atoms with Gasteiger partial charge in [-0.2, -0.15) is 0 Å². The van der Waals surface area contributed by atoms with Crippen LogP contribution < -0.4 is 10.6 Å². The standard InChI is InChI=1S/C21H19ClF2N2O4/c22-15-10-17(24)16(23)9-14(15)21(29)30-11-19(27)26-18-8-4-3-7-13(18)20(28)25-12-5-1-2-6-12/h3-4,7-10,12H,1-2,5-6,11H2,(H,25,28)(H,26,27). The van der Waals surface area contributed by atoms with Crippen LogP contribution >= 0.6 is 11.6 Å². The number of rotatable bonds is 6. The van der Waals surface area contributed by atoms with Gasteiger partial charge in [0.05, 0.1) is 21.8 Å². The van der Waals surface area contributed by atoms with E-state index >= 15 is 0 Å². The predicted octanol–water partition coefficient (Wildman–Crippen LogP) is 4.09. The summed E-state index contributed by atoms with van der Waals surface area (Å²) >= 11 is 5.71. The molecule has 9 heteroatoms. The Balaban J connectivity index is 1.60. The molecular weight excluding hydrogens is 418 g/mol. The summed E-state index contributed by atoms with van der Waals surface area (Å²) in [4.78, 5) is 36.7. The molecule has 1 fully saturated rings. The van der Waals surface area contributed by atoms with Crippen LogP contribution in [0.3, 0.4) is 0 Å². The molecular formula is C21H19ClF2N2O4. The Morgan fingerprint density at radius 1 is 1.03 bits per heavy atom. The number of carbonyl (C=O) groups excluding carboxylic acids is 3. The fraction of sp³-hybridized carbons (Fsp3) is 0.286. The molecule has 1 aliphatic carbocycles. The summed E-state index contributed by atoms with van der Waals surface area (Å²) < 4.78 is 31.2. The van der Waals surface area contributed by atoms with Crippen molar-refractivity contribution in [2.45, 2.75) is 31.7 Å². The molecule has 2 N–H and O–H groups in total. The van der Waals surface area contributed by atoms with Crippen LogP contribution in [0.25, 0.3) is 0 Å². The van der Waals surface area contributed by atoms with Crippen molar-refractivity contribution in [1.82, 2.24) is 5.32 Å². The molecule has 2 aromatic carbocycles. The van der Waals surface area contributed by atoms with Crippen molar-refractivity contribution in [2.24, 2.45) is 0 Å². The third-order valence-electron chi connectivity index (χ3n) is 4.70. The van der Waals surface area contributed by atoms with Gasteiger partial charge < -0.3 is 15.4 Å². The van der Waals surface area contributed by atoms with E-state index in [1.165, 1.54) is 0 Å². The predicted molar refractivity (Wildman–Crippen MR) is 106 cm³/mol. The molecule has 0 aromatic heterocycles. The third kappa shape index (κ3) is 5.33. The van der Waals surface area contributed by atoms with Gasteiger partial charge in [0, 0.05) is 6.04 Å². The molecule has 0 radical (unpaired) electrons. The van der Waals surface area contributed by atoms with E-state index in [-0.39, 0.29) is 28.2 Å². The zero-order valence-electron chi connectivity index (χ0n) is 15.8. The lowest BCUT2D eigenvalue weighted by atomic mass is 10.1. The molecule has 0 aliphatic heterocycles. The highest BCUT2D eigenvalue weighted by molar-refractivity contribution is 6.33. The fourth-order valence-electron chi connectivity index (χ4n) is 3.20. The van der Waals surface area contributed by atoms with E-state index in [9.17, 15) is 23.2 Å². The molecule has 1 saturated carbocycles. The Morgan fingerprint density at radius 3 is 2.43 bits per heavy atom. The number of halogens is 3. The number of esters is 1. The lowest BCUT2D eigenvalue weighted by Crippen LogP contribution is -2.33. The van der Waals surface area contributed by atoms with E-state index in [1.54, 1.807) is 24.3 Å². The number of amides is 2. The van der Waals surface area contributed by atoms with Gasteiger partial charge in [-0.25, -0.2) is 13.6 Å². The molecule has 0 unspecified atom stereocenters. The third-order valence-corrected chi connectivity index (χ3v) is 5.01. The number of hydrogen-bond donors (Lipinski definition) is 2. The van der Waals surface area contributed by atoms with Crippen molar-refractivity contribution in [3.05, 3.63) is 64.2 Å². The molecule has 2 aromatic rings. The molecule has 1 aliphatic rings. The normalized spacial score (nSPS) is 13.7. The minimum Gasteiger partial charge on any atom is -0.452 e. The smallest absolute Gasteiger partial charge is 0.340 e. The number of benzene rings is 2. The van der Waals surface area contributed by atoms with Gasteiger partial charge in [0.2, 0.25) is 0 Å². The van der Waals surface area contributed by atoms with E-state index < -0.39 is 35.7 Å². The Kier molecular flexibility index (Phi) is 6.99. The Bertz CT molecular complexity index is 977. The monoisotopic (exact) mass is 436 g/mol. The molecule has 0 atom stereocenters. The van der Waals surface area contributed by atoms with E-state index in [1.807, 2.05) is 0 Å². The zero-order valence-corrected chi connectivity index (χ0v) is 16.6. The molecule has 6 nitrogen and oxygen atoms in total. The van der Waals surface area contributed by atoms with E-state index in [0.29, 0.717) is 12.1 Å². The molecule has 3 rings (SSSR count). The lowest BCUT2D eigenvalue weighted by Gasteiger charge is -2.15. The van der Waals surface area contributed by atoms with Crippen molar-refractivity contribution in [3.63, 3.8) is 0 Å². The zero-order chi connectivity index (χ0) is 21.7. The Hall–Kier alpha value is -3.00. The number of hydrogen-bond acceptors (Lipinski definition) is 4. The van der Waals surface area contributed by atoms with Crippen LogP contribution in [0.1, 0.15) is 46.4 Å². The maximum atomic E-state index is 13.3. The number of para-hydroxylation sites is 1. The van der Waals surface area contributed by atoms with Crippen LogP contribution in [0.4, 0.5) is 14.5 Å². The van der Waals surface area contributed by atoms with Gasteiger partial charge in [-0.05, 0) is 37.1 Å². The maximum absolute atomic E-state index is 13.3. The minimum absolute atomic E-state index is 0.114. The van der Waals surface area contributed by atoms with Crippen LogP contribution in [-0.4, -0.2) is 30.4 Å². The average molecular weight is 437 g/mol. The second-order valence-electron chi connectivity index (χ2n) is 6.87. The summed E-state index contributed by atoms with van der Waals surface area (Å²) in [6, 6.07) is 7.80. The highest BCUT2D eigenvalue weighted by Gasteiger charge is 2.21. The first kappa shape index (κ1) is 21.7. The van der Waals surface area contributed by atoms with Gasteiger partial charge in [-0.15, -0.1) is 0 Å². The highest BCUT2D eigenvalue weighted by atomic mass is 35.5. The van der Waals surface area contributed by atoms with Crippen molar-refractivity contribution in [3.8, 4) is 0 Å². The van der Waals surface area contributed by atoms with Gasteiger partial charge in [0.25, 0.3) is 11.8 Å². The SMILES string of the molecule is O=C(COC(=O)c1cc(F)c(F)cc1Cl)Nc1ccccc1C(=O)NC1CCCC1. The first-order valence-electron chi connectivity index (χ1n) is 9.36.